The minimum atomic E-state index is 0.909. The van der Waals surface area contributed by atoms with Crippen molar-refractivity contribution in [3.63, 3.8) is 0 Å². The Balaban J connectivity index is 2.03. The lowest BCUT2D eigenvalue weighted by Gasteiger charge is -2.13. The monoisotopic (exact) mass is 280 g/mol. The maximum absolute atomic E-state index is 4.65. The highest BCUT2D eigenvalue weighted by Crippen LogP contribution is 2.36. The number of aryl methyl sites for hydroxylation is 1. The molecular formula is C17H20N4. The molecule has 2 aromatic heterocycles. The molecule has 4 nitrogen and oxygen atoms in total. The van der Waals surface area contributed by atoms with Crippen LogP contribution in [0.2, 0.25) is 0 Å². The number of rotatable bonds is 2. The molecule has 1 aromatic carbocycles. The fourth-order valence-corrected chi connectivity index (χ4v) is 3.57. The van der Waals surface area contributed by atoms with Crippen LogP contribution in [0.3, 0.4) is 0 Å². The SMILES string of the molecule is CCn1c(C)c(-c2n[nH]c3c2CNCC3)c2ccccc21. The van der Waals surface area contributed by atoms with Gasteiger partial charge in [-0.15, -0.1) is 0 Å². The summed E-state index contributed by atoms with van der Waals surface area (Å²) in [6, 6.07) is 8.63. The van der Waals surface area contributed by atoms with Crippen LogP contribution in [0.15, 0.2) is 24.3 Å². The molecule has 0 saturated heterocycles. The van der Waals surface area contributed by atoms with E-state index in [1.165, 1.54) is 33.4 Å². The molecule has 0 unspecified atom stereocenters. The maximum Gasteiger partial charge on any atom is 0.0992 e. The molecule has 2 N–H and O–H groups in total. The first-order valence-corrected chi connectivity index (χ1v) is 7.66. The number of nitrogens with one attached hydrogen (secondary N) is 2. The largest absolute Gasteiger partial charge is 0.344 e. The van der Waals surface area contributed by atoms with E-state index in [4.69, 9.17) is 0 Å². The summed E-state index contributed by atoms with van der Waals surface area (Å²) in [5.74, 6) is 0. The zero-order chi connectivity index (χ0) is 14.4. The third kappa shape index (κ3) is 1.75. The number of nitrogens with zero attached hydrogens (tertiary/aromatic N) is 2. The second kappa shape index (κ2) is 4.74. The third-order valence-corrected chi connectivity index (χ3v) is 4.59. The zero-order valence-corrected chi connectivity index (χ0v) is 12.5. The van der Waals surface area contributed by atoms with Gasteiger partial charge in [-0.05, 0) is 19.9 Å². The Bertz CT molecular complexity index is 810. The van der Waals surface area contributed by atoms with Gasteiger partial charge in [-0.3, -0.25) is 5.10 Å². The Kier molecular flexibility index (Phi) is 2.86. The Hall–Kier alpha value is -2.07. The molecule has 1 aliphatic rings. The minimum Gasteiger partial charge on any atom is -0.344 e. The third-order valence-electron chi connectivity index (χ3n) is 4.59. The second-order valence-electron chi connectivity index (χ2n) is 5.68. The molecule has 21 heavy (non-hydrogen) atoms. The molecule has 0 saturated carbocycles. The number of benzene rings is 1. The van der Waals surface area contributed by atoms with Crippen molar-refractivity contribution in [3.05, 3.63) is 41.2 Å². The Morgan fingerprint density at radius 1 is 1.29 bits per heavy atom. The number of hydrogen-bond donors (Lipinski definition) is 2. The van der Waals surface area contributed by atoms with Gasteiger partial charge >= 0.3 is 0 Å². The molecule has 108 valence electrons. The summed E-state index contributed by atoms with van der Waals surface area (Å²) in [6.45, 7) is 7.33. The standard InChI is InChI=1S/C17H20N4/c1-3-21-11(2)16(12-6-4-5-7-15(12)21)17-13-10-18-9-8-14(13)19-20-17/h4-7,18H,3,8-10H2,1-2H3,(H,19,20). The summed E-state index contributed by atoms with van der Waals surface area (Å²) >= 11 is 0. The topological polar surface area (TPSA) is 45.6 Å². The molecule has 0 aliphatic carbocycles. The van der Waals surface area contributed by atoms with E-state index in [0.29, 0.717) is 0 Å². The van der Waals surface area contributed by atoms with Crippen LogP contribution in [-0.4, -0.2) is 21.3 Å². The fraction of sp³-hybridized carbons (Fsp3) is 0.353. The minimum absolute atomic E-state index is 0.909. The van der Waals surface area contributed by atoms with Crippen LogP contribution in [0.5, 0.6) is 0 Å². The van der Waals surface area contributed by atoms with Gasteiger partial charge in [0, 0.05) is 59.5 Å². The van der Waals surface area contributed by atoms with Gasteiger partial charge in [0.05, 0.1) is 5.69 Å². The Morgan fingerprint density at radius 3 is 3.00 bits per heavy atom. The molecule has 0 fully saturated rings. The number of fused-ring (bicyclic) bond motifs is 2. The van der Waals surface area contributed by atoms with Gasteiger partial charge in [0.15, 0.2) is 0 Å². The lowest BCUT2D eigenvalue weighted by molar-refractivity contribution is 0.637. The maximum atomic E-state index is 4.65. The van der Waals surface area contributed by atoms with Crippen LogP contribution < -0.4 is 5.32 Å². The molecular weight excluding hydrogens is 260 g/mol. The van der Waals surface area contributed by atoms with Crippen LogP contribution in [0.25, 0.3) is 22.2 Å². The normalized spacial score (nSPS) is 14.6. The molecule has 0 radical (unpaired) electrons. The van der Waals surface area contributed by atoms with E-state index in [1.54, 1.807) is 0 Å². The van der Waals surface area contributed by atoms with Crippen LogP contribution in [0.1, 0.15) is 23.9 Å². The highest BCUT2D eigenvalue weighted by Gasteiger charge is 2.23. The van der Waals surface area contributed by atoms with Crippen molar-refractivity contribution in [1.29, 1.82) is 0 Å². The molecule has 3 heterocycles. The summed E-state index contributed by atoms with van der Waals surface area (Å²) < 4.78 is 2.38. The van der Waals surface area contributed by atoms with Crippen molar-refractivity contribution < 1.29 is 0 Å². The summed E-state index contributed by atoms with van der Waals surface area (Å²) in [4.78, 5) is 0. The van der Waals surface area contributed by atoms with Crippen molar-refractivity contribution in [2.24, 2.45) is 0 Å². The van der Waals surface area contributed by atoms with Gasteiger partial charge in [-0.2, -0.15) is 5.10 Å². The van der Waals surface area contributed by atoms with Crippen molar-refractivity contribution in [3.8, 4) is 11.3 Å². The van der Waals surface area contributed by atoms with Crippen molar-refractivity contribution >= 4 is 10.9 Å². The van der Waals surface area contributed by atoms with E-state index < -0.39 is 0 Å². The van der Waals surface area contributed by atoms with Gasteiger partial charge in [0.25, 0.3) is 0 Å². The first-order valence-electron chi connectivity index (χ1n) is 7.66. The van der Waals surface area contributed by atoms with E-state index in [9.17, 15) is 0 Å². The number of H-pyrrole nitrogens is 1. The quantitative estimate of drug-likeness (QED) is 0.758. The number of aromatic nitrogens is 3. The molecule has 0 bridgehead atoms. The zero-order valence-electron chi connectivity index (χ0n) is 12.5. The van der Waals surface area contributed by atoms with Crippen LogP contribution in [0, 0.1) is 6.92 Å². The molecule has 1 aliphatic heterocycles. The highest BCUT2D eigenvalue weighted by atomic mass is 15.1. The van der Waals surface area contributed by atoms with E-state index in [0.717, 1.165) is 31.7 Å². The summed E-state index contributed by atoms with van der Waals surface area (Å²) in [5.41, 5.74) is 7.64. The number of para-hydroxylation sites is 1. The lowest BCUT2D eigenvalue weighted by atomic mass is 10.00. The average molecular weight is 280 g/mol. The predicted octanol–water partition coefficient (Wildman–Crippen LogP) is 3.01. The van der Waals surface area contributed by atoms with Crippen LogP contribution >= 0.6 is 0 Å². The van der Waals surface area contributed by atoms with E-state index in [2.05, 4.69) is 58.2 Å². The van der Waals surface area contributed by atoms with Crippen LogP contribution in [0.4, 0.5) is 0 Å². The summed E-state index contributed by atoms with van der Waals surface area (Å²) in [7, 11) is 0. The second-order valence-corrected chi connectivity index (χ2v) is 5.68. The van der Waals surface area contributed by atoms with Crippen molar-refractivity contribution in [2.75, 3.05) is 6.54 Å². The molecule has 0 amide bonds. The average Bonchev–Trinajstić information content (AvgIpc) is 3.05. The van der Waals surface area contributed by atoms with Crippen molar-refractivity contribution in [1.82, 2.24) is 20.1 Å². The summed E-state index contributed by atoms with van der Waals surface area (Å²) in [6.07, 6.45) is 1.04. The van der Waals surface area contributed by atoms with Gasteiger partial charge in [0.1, 0.15) is 0 Å². The van der Waals surface area contributed by atoms with Crippen LogP contribution in [-0.2, 0) is 19.5 Å². The molecule has 3 aromatic rings. The number of aromatic amines is 1. The number of hydrogen-bond acceptors (Lipinski definition) is 2. The predicted molar refractivity (Wildman–Crippen MR) is 85.3 cm³/mol. The van der Waals surface area contributed by atoms with Gasteiger partial charge in [-0.1, -0.05) is 18.2 Å². The Morgan fingerprint density at radius 2 is 2.14 bits per heavy atom. The van der Waals surface area contributed by atoms with E-state index >= 15 is 0 Å². The van der Waals surface area contributed by atoms with E-state index in [-0.39, 0.29) is 0 Å². The molecule has 0 spiro atoms. The first kappa shape index (κ1) is 12.7. The van der Waals surface area contributed by atoms with Gasteiger partial charge < -0.3 is 9.88 Å². The fourth-order valence-electron chi connectivity index (χ4n) is 3.57. The first-order chi connectivity index (χ1) is 10.3. The molecule has 0 atom stereocenters. The van der Waals surface area contributed by atoms with Gasteiger partial charge in [-0.25, -0.2) is 0 Å². The summed E-state index contributed by atoms with van der Waals surface area (Å²) in [5, 5.41) is 12.7. The Labute approximate surface area is 124 Å². The van der Waals surface area contributed by atoms with Gasteiger partial charge in [0.2, 0.25) is 0 Å². The lowest BCUT2D eigenvalue weighted by Crippen LogP contribution is -2.23. The van der Waals surface area contributed by atoms with Crippen molar-refractivity contribution in [2.45, 2.75) is 33.4 Å². The molecule has 4 rings (SSSR count). The highest BCUT2D eigenvalue weighted by molar-refractivity contribution is 5.98. The van der Waals surface area contributed by atoms with E-state index in [1.807, 2.05) is 0 Å². The molecule has 4 heteroatoms. The smallest absolute Gasteiger partial charge is 0.0992 e.